The average molecular weight is 413 g/mol. The quantitative estimate of drug-likeness (QED) is 0.429. The maximum Gasteiger partial charge on any atom is 0.318 e. The number of carbonyl (C=O) groups is 1. The third-order valence-corrected chi connectivity index (χ3v) is 5.37. The predicted molar refractivity (Wildman–Crippen MR) is 112 cm³/mol. The summed E-state index contributed by atoms with van der Waals surface area (Å²) in [6.45, 7) is 3.80. The molecule has 0 aliphatic heterocycles. The molecule has 0 radical (unpaired) electrons. The van der Waals surface area contributed by atoms with E-state index in [9.17, 15) is 4.79 Å². The van der Waals surface area contributed by atoms with Gasteiger partial charge in [-0.1, -0.05) is 23.9 Å². The number of hydrogen-bond acceptors (Lipinski definition) is 7. The monoisotopic (exact) mass is 413 g/mol. The van der Waals surface area contributed by atoms with Crippen molar-refractivity contribution in [1.82, 2.24) is 14.8 Å². The molecule has 0 amide bonds. The van der Waals surface area contributed by atoms with Crippen molar-refractivity contribution >= 4 is 17.7 Å². The van der Waals surface area contributed by atoms with E-state index in [2.05, 4.69) is 10.2 Å². The van der Waals surface area contributed by atoms with Gasteiger partial charge in [-0.25, -0.2) is 0 Å². The molecule has 1 atom stereocenters. The minimum absolute atomic E-state index is 0.318. The third-order valence-electron chi connectivity index (χ3n) is 4.35. The second-order valence-electron chi connectivity index (χ2n) is 6.33. The van der Waals surface area contributed by atoms with Gasteiger partial charge in [0.2, 0.25) is 0 Å². The van der Waals surface area contributed by atoms with Crippen LogP contribution in [0.3, 0.4) is 0 Å². The molecule has 1 aromatic heterocycles. The number of methoxy groups -OCH3 is 3. The number of rotatable bonds is 7. The molecule has 8 heteroatoms. The maximum atomic E-state index is 11.9. The van der Waals surface area contributed by atoms with Gasteiger partial charge < -0.3 is 14.2 Å². The van der Waals surface area contributed by atoms with Crippen LogP contribution >= 0.6 is 11.8 Å². The summed E-state index contributed by atoms with van der Waals surface area (Å²) in [5.74, 6) is 1.55. The molecule has 7 nitrogen and oxygen atoms in total. The smallest absolute Gasteiger partial charge is 0.318 e. The fourth-order valence-electron chi connectivity index (χ4n) is 2.88. The summed E-state index contributed by atoms with van der Waals surface area (Å²) in [6, 6.07) is 13.6. The Balaban J connectivity index is 2.14. The Kier molecular flexibility index (Phi) is 6.43. The first-order chi connectivity index (χ1) is 14.0. The van der Waals surface area contributed by atoms with Crippen LogP contribution in [0.4, 0.5) is 0 Å². The predicted octanol–water partition coefficient (Wildman–Crippen LogP) is 3.91. The summed E-state index contributed by atoms with van der Waals surface area (Å²) in [7, 11) is 4.56. The molecule has 0 aliphatic rings. The zero-order valence-electron chi connectivity index (χ0n) is 17.0. The van der Waals surface area contributed by atoms with Crippen molar-refractivity contribution in [1.29, 1.82) is 0 Å². The average Bonchev–Trinajstić information content (AvgIpc) is 3.15. The van der Waals surface area contributed by atoms with Crippen LogP contribution in [0, 0.1) is 6.92 Å². The van der Waals surface area contributed by atoms with E-state index < -0.39 is 5.25 Å². The number of aromatic nitrogens is 3. The van der Waals surface area contributed by atoms with Crippen LogP contribution in [0.1, 0.15) is 12.5 Å². The van der Waals surface area contributed by atoms with Crippen LogP contribution in [0.2, 0.25) is 0 Å². The molecular weight excluding hydrogens is 390 g/mol. The van der Waals surface area contributed by atoms with Crippen LogP contribution in [0.15, 0.2) is 47.6 Å². The summed E-state index contributed by atoms with van der Waals surface area (Å²) in [4.78, 5) is 11.9. The number of nitrogens with zero attached hydrogens (tertiary/aromatic N) is 3. The largest absolute Gasteiger partial charge is 0.493 e. The standard InChI is InChI=1S/C21H23N3O4S/c1-13-7-6-8-16(11-13)24-19(15-9-10-17(26-3)18(12-15)27-4)22-23-21(24)29-14(2)20(25)28-5/h6-12,14H,1-5H3/t14-/m1/s1. The third kappa shape index (κ3) is 4.37. The Labute approximate surface area is 174 Å². The molecule has 3 rings (SSSR count). The molecule has 0 N–H and O–H groups in total. The Morgan fingerprint density at radius 2 is 1.79 bits per heavy atom. The molecule has 152 valence electrons. The highest BCUT2D eigenvalue weighted by Gasteiger charge is 2.23. The van der Waals surface area contributed by atoms with Crippen LogP contribution in [0.25, 0.3) is 17.1 Å². The number of benzene rings is 2. The molecule has 29 heavy (non-hydrogen) atoms. The van der Waals surface area contributed by atoms with E-state index in [4.69, 9.17) is 14.2 Å². The highest BCUT2D eigenvalue weighted by atomic mass is 32.2. The lowest BCUT2D eigenvalue weighted by molar-refractivity contribution is -0.139. The Bertz CT molecular complexity index is 1020. The fourth-order valence-corrected chi connectivity index (χ4v) is 3.77. The summed E-state index contributed by atoms with van der Waals surface area (Å²) >= 11 is 1.30. The topological polar surface area (TPSA) is 75.5 Å². The van der Waals surface area contributed by atoms with Gasteiger partial charge in [-0.15, -0.1) is 10.2 Å². The van der Waals surface area contributed by atoms with E-state index in [1.54, 1.807) is 21.1 Å². The van der Waals surface area contributed by atoms with Gasteiger partial charge in [0.15, 0.2) is 22.5 Å². The van der Waals surface area contributed by atoms with Crippen LogP contribution < -0.4 is 9.47 Å². The first-order valence-electron chi connectivity index (χ1n) is 8.97. The summed E-state index contributed by atoms with van der Waals surface area (Å²) in [5.41, 5.74) is 2.82. The van der Waals surface area contributed by atoms with Gasteiger partial charge in [0.05, 0.1) is 21.3 Å². The SMILES string of the molecule is COC(=O)[C@@H](C)Sc1nnc(-c2ccc(OC)c(OC)c2)n1-c1cccc(C)c1. The van der Waals surface area contributed by atoms with E-state index >= 15 is 0 Å². The van der Waals surface area contributed by atoms with Gasteiger partial charge in [0, 0.05) is 11.3 Å². The van der Waals surface area contributed by atoms with Gasteiger partial charge >= 0.3 is 5.97 Å². The molecule has 0 spiro atoms. The number of ether oxygens (including phenoxy) is 3. The number of aryl methyl sites for hydroxylation is 1. The van der Waals surface area contributed by atoms with E-state index in [1.807, 2.05) is 54.0 Å². The van der Waals surface area contributed by atoms with Crippen molar-refractivity contribution in [3.05, 3.63) is 48.0 Å². The molecule has 0 fully saturated rings. The number of esters is 1. The van der Waals surface area contributed by atoms with E-state index in [0.717, 1.165) is 16.8 Å². The molecule has 3 aromatic rings. The van der Waals surface area contributed by atoms with Crippen molar-refractivity contribution in [2.24, 2.45) is 0 Å². The van der Waals surface area contributed by atoms with Crippen LogP contribution in [-0.2, 0) is 9.53 Å². The van der Waals surface area contributed by atoms with Gasteiger partial charge in [0.25, 0.3) is 0 Å². The first-order valence-corrected chi connectivity index (χ1v) is 9.85. The molecule has 0 bridgehead atoms. The second kappa shape index (κ2) is 9.00. The van der Waals surface area contributed by atoms with Gasteiger partial charge in [-0.3, -0.25) is 9.36 Å². The highest BCUT2D eigenvalue weighted by molar-refractivity contribution is 8.00. The number of hydrogen-bond donors (Lipinski definition) is 0. The fraction of sp³-hybridized carbons (Fsp3) is 0.286. The lowest BCUT2D eigenvalue weighted by atomic mass is 10.1. The van der Waals surface area contributed by atoms with Crippen molar-refractivity contribution < 1.29 is 19.0 Å². The lowest BCUT2D eigenvalue weighted by Gasteiger charge is -2.14. The van der Waals surface area contributed by atoms with E-state index in [0.29, 0.717) is 22.5 Å². The molecule has 1 heterocycles. The van der Waals surface area contributed by atoms with Crippen LogP contribution in [-0.4, -0.2) is 47.3 Å². The lowest BCUT2D eigenvalue weighted by Crippen LogP contribution is -2.15. The molecule has 0 saturated heterocycles. The zero-order chi connectivity index (χ0) is 21.0. The minimum atomic E-state index is -0.425. The van der Waals surface area contributed by atoms with Crippen molar-refractivity contribution in [3.8, 4) is 28.6 Å². The molecule has 0 saturated carbocycles. The molecule has 0 aliphatic carbocycles. The summed E-state index contributed by atoms with van der Waals surface area (Å²) < 4.78 is 17.5. The summed E-state index contributed by atoms with van der Waals surface area (Å²) in [6.07, 6.45) is 0. The second-order valence-corrected chi connectivity index (χ2v) is 7.64. The normalized spacial score (nSPS) is 11.8. The van der Waals surface area contributed by atoms with Gasteiger partial charge in [-0.2, -0.15) is 0 Å². The summed E-state index contributed by atoms with van der Waals surface area (Å²) in [5, 5.41) is 8.93. The molecule has 2 aromatic carbocycles. The van der Waals surface area contributed by atoms with Gasteiger partial charge in [-0.05, 0) is 49.7 Å². The van der Waals surface area contributed by atoms with E-state index in [-0.39, 0.29) is 5.97 Å². The zero-order valence-corrected chi connectivity index (χ0v) is 17.8. The first kappa shape index (κ1) is 20.7. The number of thioether (sulfide) groups is 1. The van der Waals surface area contributed by atoms with Crippen LogP contribution in [0.5, 0.6) is 11.5 Å². The Morgan fingerprint density at radius 3 is 2.45 bits per heavy atom. The van der Waals surface area contributed by atoms with Crippen molar-refractivity contribution in [2.75, 3.05) is 21.3 Å². The Hall–Kier alpha value is -3.00. The van der Waals surface area contributed by atoms with E-state index in [1.165, 1.54) is 18.9 Å². The van der Waals surface area contributed by atoms with Crippen molar-refractivity contribution in [3.63, 3.8) is 0 Å². The molecule has 0 unspecified atom stereocenters. The molecular formula is C21H23N3O4S. The number of carbonyl (C=O) groups excluding carboxylic acids is 1. The highest BCUT2D eigenvalue weighted by Crippen LogP contribution is 2.35. The maximum absolute atomic E-state index is 11.9. The minimum Gasteiger partial charge on any atom is -0.493 e. The Morgan fingerprint density at radius 1 is 1.03 bits per heavy atom. The van der Waals surface area contributed by atoms with Gasteiger partial charge in [0.1, 0.15) is 5.25 Å². The van der Waals surface area contributed by atoms with Crippen molar-refractivity contribution in [2.45, 2.75) is 24.3 Å².